The molecule has 3 rings (SSSR count). The van der Waals surface area contributed by atoms with E-state index < -0.39 is 15.9 Å². The maximum atomic E-state index is 13.2. The number of benzene rings is 2. The molecule has 0 radical (unpaired) electrons. The third kappa shape index (κ3) is 3.82. The quantitative estimate of drug-likeness (QED) is 0.846. The Kier molecular flexibility index (Phi) is 4.52. The molecule has 2 aromatic rings. The van der Waals surface area contributed by atoms with Gasteiger partial charge in [-0.1, -0.05) is 34.9 Å². The Morgan fingerprint density at radius 1 is 0.960 bits per heavy atom. The molecule has 1 heterocycles. The van der Waals surface area contributed by atoms with Crippen molar-refractivity contribution in [2.75, 3.05) is 10.7 Å². The first-order valence-electron chi connectivity index (χ1n) is 8.15. The van der Waals surface area contributed by atoms with Crippen molar-refractivity contribution < 1.29 is 13.2 Å². The molecule has 0 bridgehead atoms. The smallest absolute Gasteiger partial charge is 0.258 e. The van der Waals surface area contributed by atoms with Crippen LogP contribution >= 0.6 is 0 Å². The van der Waals surface area contributed by atoms with E-state index in [4.69, 9.17) is 0 Å². The van der Waals surface area contributed by atoms with E-state index in [1.807, 2.05) is 63.2 Å². The van der Waals surface area contributed by atoms with Gasteiger partial charge in [-0.3, -0.25) is 4.79 Å². The molecule has 0 saturated carbocycles. The molecule has 25 heavy (non-hydrogen) atoms. The van der Waals surface area contributed by atoms with Crippen LogP contribution in [0, 0.1) is 20.8 Å². The van der Waals surface area contributed by atoms with Gasteiger partial charge in [0.05, 0.1) is 11.8 Å². The van der Waals surface area contributed by atoms with Crippen molar-refractivity contribution in [3.05, 3.63) is 76.2 Å². The Bertz CT molecular complexity index is 923. The van der Waals surface area contributed by atoms with Crippen LogP contribution in [0.4, 0.5) is 5.69 Å². The summed E-state index contributed by atoms with van der Waals surface area (Å²) in [4.78, 5) is 14.8. The lowest BCUT2D eigenvalue weighted by Gasteiger charge is -2.28. The zero-order valence-electron chi connectivity index (χ0n) is 14.6. The van der Waals surface area contributed by atoms with E-state index >= 15 is 0 Å². The molecule has 0 fully saturated rings. The first-order valence-corrected chi connectivity index (χ1v) is 9.86. The normalized spacial score (nSPS) is 18.3. The predicted molar refractivity (Wildman–Crippen MR) is 101 cm³/mol. The second-order valence-corrected chi connectivity index (χ2v) is 8.54. The SMILES string of the molecule is Cc1ccc(N(C(=O)c2cc(C)cc(C)c2)[C@H]2C=CS(=O)(=O)C2)cc1. The molecule has 0 unspecified atom stereocenters. The van der Waals surface area contributed by atoms with Crippen LogP contribution in [-0.4, -0.2) is 26.1 Å². The van der Waals surface area contributed by atoms with E-state index in [9.17, 15) is 13.2 Å². The summed E-state index contributed by atoms with van der Waals surface area (Å²) in [6.07, 6.45) is 1.59. The molecule has 2 aromatic carbocycles. The van der Waals surface area contributed by atoms with Gasteiger partial charge in [0.15, 0.2) is 9.84 Å². The average molecular weight is 355 g/mol. The largest absolute Gasteiger partial charge is 0.300 e. The van der Waals surface area contributed by atoms with Gasteiger partial charge in [0.2, 0.25) is 0 Å². The molecular formula is C20H21NO3S. The van der Waals surface area contributed by atoms with Crippen LogP contribution < -0.4 is 4.90 Å². The van der Waals surface area contributed by atoms with Gasteiger partial charge in [-0.2, -0.15) is 0 Å². The van der Waals surface area contributed by atoms with Crippen molar-refractivity contribution >= 4 is 21.4 Å². The number of rotatable bonds is 3. The second-order valence-electron chi connectivity index (χ2n) is 6.61. The monoisotopic (exact) mass is 355 g/mol. The van der Waals surface area contributed by atoms with Crippen molar-refractivity contribution in [2.45, 2.75) is 26.8 Å². The summed E-state index contributed by atoms with van der Waals surface area (Å²) < 4.78 is 23.7. The van der Waals surface area contributed by atoms with Crippen molar-refractivity contribution in [3.8, 4) is 0 Å². The summed E-state index contributed by atoms with van der Waals surface area (Å²) in [5, 5.41) is 1.20. The number of aryl methyl sites for hydroxylation is 3. The van der Waals surface area contributed by atoms with Crippen LogP contribution in [0.25, 0.3) is 0 Å². The van der Waals surface area contributed by atoms with E-state index in [2.05, 4.69) is 0 Å². The van der Waals surface area contributed by atoms with Crippen molar-refractivity contribution in [1.29, 1.82) is 0 Å². The number of hydrogen-bond acceptors (Lipinski definition) is 3. The van der Waals surface area contributed by atoms with Gasteiger partial charge < -0.3 is 4.90 Å². The molecule has 0 aliphatic carbocycles. The highest BCUT2D eigenvalue weighted by Gasteiger charge is 2.32. The first kappa shape index (κ1) is 17.4. The molecule has 0 aromatic heterocycles. The Morgan fingerprint density at radius 2 is 1.56 bits per heavy atom. The maximum Gasteiger partial charge on any atom is 0.258 e. The van der Waals surface area contributed by atoms with Crippen molar-refractivity contribution in [2.24, 2.45) is 0 Å². The highest BCUT2D eigenvalue weighted by Crippen LogP contribution is 2.26. The van der Waals surface area contributed by atoms with Gasteiger partial charge in [-0.05, 0) is 51.1 Å². The minimum absolute atomic E-state index is 0.0859. The van der Waals surface area contributed by atoms with E-state index in [-0.39, 0.29) is 11.7 Å². The number of hydrogen-bond donors (Lipinski definition) is 0. The summed E-state index contributed by atoms with van der Waals surface area (Å²) in [6.45, 7) is 5.86. The van der Waals surface area contributed by atoms with Crippen LogP contribution in [0.2, 0.25) is 0 Å². The third-order valence-electron chi connectivity index (χ3n) is 4.24. The summed E-state index contributed by atoms with van der Waals surface area (Å²) >= 11 is 0. The van der Waals surface area contributed by atoms with E-state index in [1.165, 1.54) is 5.41 Å². The molecule has 4 nitrogen and oxygen atoms in total. The number of anilines is 1. The number of nitrogens with zero attached hydrogens (tertiary/aromatic N) is 1. The van der Waals surface area contributed by atoms with Gasteiger partial charge in [0.1, 0.15) is 0 Å². The van der Waals surface area contributed by atoms with Crippen molar-refractivity contribution in [3.63, 3.8) is 0 Å². The molecule has 1 aliphatic rings. The molecule has 0 saturated heterocycles. The molecule has 1 amide bonds. The van der Waals surface area contributed by atoms with E-state index in [1.54, 1.807) is 11.0 Å². The van der Waals surface area contributed by atoms with E-state index in [0.29, 0.717) is 11.3 Å². The lowest BCUT2D eigenvalue weighted by molar-refractivity contribution is 0.0983. The fourth-order valence-electron chi connectivity index (χ4n) is 3.12. The molecule has 1 aliphatic heterocycles. The number of amides is 1. The molecule has 0 spiro atoms. The standard InChI is InChI=1S/C20H21NO3S/c1-14-4-6-18(7-5-14)21(19-8-9-25(23,24)13-19)20(22)17-11-15(2)10-16(3)12-17/h4-12,19H,13H2,1-3H3/t19-/m0/s1. The van der Waals surface area contributed by atoms with Crippen LogP contribution in [0.1, 0.15) is 27.0 Å². The lowest BCUT2D eigenvalue weighted by Crippen LogP contribution is -2.41. The van der Waals surface area contributed by atoms with Crippen LogP contribution in [0.5, 0.6) is 0 Å². The van der Waals surface area contributed by atoms with Crippen LogP contribution in [0.15, 0.2) is 53.9 Å². The van der Waals surface area contributed by atoms with Crippen LogP contribution in [0.3, 0.4) is 0 Å². The summed E-state index contributed by atoms with van der Waals surface area (Å²) in [5.74, 6) is -0.278. The Morgan fingerprint density at radius 3 is 2.08 bits per heavy atom. The molecule has 0 N–H and O–H groups in total. The Balaban J connectivity index is 2.06. The van der Waals surface area contributed by atoms with Gasteiger partial charge in [0.25, 0.3) is 5.91 Å². The summed E-state index contributed by atoms with van der Waals surface area (Å²) in [6, 6.07) is 12.7. The molecule has 130 valence electrons. The molecule has 5 heteroatoms. The van der Waals surface area contributed by atoms with Gasteiger partial charge in [-0.25, -0.2) is 8.42 Å². The van der Waals surface area contributed by atoms with Gasteiger partial charge in [0, 0.05) is 16.7 Å². The lowest BCUT2D eigenvalue weighted by atomic mass is 10.0. The zero-order valence-corrected chi connectivity index (χ0v) is 15.4. The fourth-order valence-corrected chi connectivity index (χ4v) is 4.39. The number of sulfone groups is 1. The zero-order chi connectivity index (χ0) is 18.2. The van der Waals surface area contributed by atoms with Crippen LogP contribution in [-0.2, 0) is 9.84 Å². The first-order chi connectivity index (χ1) is 11.7. The highest BCUT2D eigenvalue weighted by atomic mass is 32.2. The topological polar surface area (TPSA) is 54.5 Å². The maximum absolute atomic E-state index is 13.2. The van der Waals surface area contributed by atoms with Gasteiger partial charge >= 0.3 is 0 Å². The van der Waals surface area contributed by atoms with E-state index in [0.717, 1.165) is 16.7 Å². The predicted octanol–water partition coefficient (Wildman–Crippen LogP) is 3.57. The summed E-state index contributed by atoms with van der Waals surface area (Å²) in [7, 11) is -3.26. The molecule has 1 atom stereocenters. The minimum Gasteiger partial charge on any atom is -0.300 e. The van der Waals surface area contributed by atoms with Gasteiger partial charge in [-0.15, -0.1) is 0 Å². The Labute approximate surface area is 148 Å². The van der Waals surface area contributed by atoms with Crippen molar-refractivity contribution in [1.82, 2.24) is 0 Å². The molecular weight excluding hydrogens is 334 g/mol. The summed E-state index contributed by atoms with van der Waals surface area (Å²) in [5.41, 5.74) is 4.35. The highest BCUT2D eigenvalue weighted by molar-refractivity contribution is 7.94. The third-order valence-corrected chi connectivity index (χ3v) is 5.62. The second kappa shape index (κ2) is 6.48. The number of carbonyl (C=O) groups excluding carboxylic acids is 1. The Hall–Kier alpha value is -2.40. The number of carbonyl (C=O) groups is 1. The average Bonchev–Trinajstić information content (AvgIpc) is 2.88. The fraction of sp³-hybridized carbons (Fsp3) is 0.250. The minimum atomic E-state index is -3.26.